The summed E-state index contributed by atoms with van der Waals surface area (Å²) in [6.07, 6.45) is 4.22. The van der Waals surface area contributed by atoms with Crippen molar-refractivity contribution in [1.82, 2.24) is 10.2 Å². The molecule has 1 saturated heterocycles. The Hall–Kier alpha value is -0.320. The van der Waals surface area contributed by atoms with E-state index in [0.29, 0.717) is 24.9 Å². The standard InChI is InChI=1S/C13H27N3O.ClH/c1-11(2)10-16-8-4-3-5-12(16)9-15-13(17)6-7-14;/h11-12H,3-10,14H2,1-2H3,(H,15,17);1H. The van der Waals surface area contributed by atoms with Gasteiger partial charge in [0.25, 0.3) is 0 Å². The summed E-state index contributed by atoms with van der Waals surface area (Å²) >= 11 is 0. The number of likely N-dealkylation sites (tertiary alicyclic amines) is 1. The van der Waals surface area contributed by atoms with Crippen LogP contribution in [0.15, 0.2) is 0 Å². The van der Waals surface area contributed by atoms with Crippen LogP contribution >= 0.6 is 12.4 Å². The van der Waals surface area contributed by atoms with E-state index in [1.165, 1.54) is 25.8 Å². The zero-order valence-electron chi connectivity index (χ0n) is 11.7. The summed E-state index contributed by atoms with van der Waals surface area (Å²) in [5, 5.41) is 3.00. The average molecular weight is 278 g/mol. The lowest BCUT2D eigenvalue weighted by atomic mass is 10.0. The number of nitrogens with one attached hydrogen (secondary N) is 1. The molecule has 0 bridgehead atoms. The molecule has 0 aromatic heterocycles. The van der Waals surface area contributed by atoms with E-state index < -0.39 is 0 Å². The number of hydrogen-bond acceptors (Lipinski definition) is 3. The first kappa shape index (κ1) is 17.7. The maximum atomic E-state index is 11.4. The predicted molar refractivity (Wildman–Crippen MR) is 78.0 cm³/mol. The molecule has 5 heteroatoms. The van der Waals surface area contributed by atoms with Crippen molar-refractivity contribution < 1.29 is 4.79 Å². The number of nitrogens with two attached hydrogens (primary N) is 1. The molecule has 1 rings (SSSR count). The van der Waals surface area contributed by atoms with Crippen molar-refractivity contribution in [2.75, 3.05) is 26.2 Å². The second-order valence-electron chi connectivity index (χ2n) is 5.38. The minimum atomic E-state index is 0. The molecule has 0 radical (unpaired) electrons. The molecule has 3 N–H and O–H groups in total. The normalized spacial score (nSPS) is 20.6. The lowest BCUT2D eigenvalue weighted by Crippen LogP contribution is -2.48. The van der Waals surface area contributed by atoms with Crippen LogP contribution in [0.3, 0.4) is 0 Å². The molecule has 1 aliphatic rings. The molecule has 0 aliphatic carbocycles. The van der Waals surface area contributed by atoms with E-state index in [1.807, 2.05) is 0 Å². The van der Waals surface area contributed by atoms with Gasteiger partial charge in [0, 0.05) is 32.1 Å². The quantitative estimate of drug-likeness (QED) is 0.771. The molecule has 0 saturated carbocycles. The maximum absolute atomic E-state index is 11.4. The molecule has 1 aliphatic heterocycles. The Morgan fingerprint density at radius 3 is 2.78 bits per heavy atom. The number of carbonyl (C=O) groups excluding carboxylic acids is 1. The second kappa shape index (κ2) is 9.59. The molecule has 0 spiro atoms. The lowest BCUT2D eigenvalue weighted by Gasteiger charge is -2.36. The molecule has 1 fully saturated rings. The number of rotatable bonds is 6. The Balaban J connectivity index is 0.00000289. The van der Waals surface area contributed by atoms with Gasteiger partial charge in [-0.05, 0) is 25.3 Å². The molecule has 1 unspecified atom stereocenters. The van der Waals surface area contributed by atoms with Crippen molar-refractivity contribution in [3.05, 3.63) is 0 Å². The summed E-state index contributed by atoms with van der Waals surface area (Å²) in [5.74, 6) is 0.776. The van der Waals surface area contributed by atoms with Crippen LogP contribution in [0.25, 0.3) is 0 Å². The van der Waals surface area contributed by atoms with Crippen LogP contribution in [-0.4, -0.2) is 43.0 Å². The molecule has 108 valence electrons. The van der Waals surface area contributed by atoms with Gasteiger partial charge in [0.1, 0.15) is 0 Å². The third-order valence-electron chi connectivity index (χ3n) is 3.25. The van der Waals surface area contributed by atoms with Gasteiger partial charge in [-0.3, -0.25) is 9.69 Å². The highest BCUT2D eigenvalue weighted by atomic mass is 35.5. The minimum Gasteiger partial charge on any atom is -0.354 e. The van der Waals surface area contributed by atoms with Crippen LogP contribution in [0.1, 0.15) is 39.5 Å². The van der Waals surface area contributed by atoms with E-state index in [4.69, 9.17) is 5.73 Å². The number of hydrogen-bond donors (Lipinski definition) is 2. The fraction of sp³-hybridized carbons (Fsp3) is 0.923. The smallest absolute Gasteiger partial charge is 0.221 e. The van der Waals surface area contributed by atoms with Gasteiger partial charge in [-0.2, -0.15) is 0 Å². The Morgan fingerprint density at radius 2 is 2.17 bits per heavy atom. The molecule has 1 amide bonds. The van der Waals surface area contributed by atoms with Gasteiger partial charge < -0.3 is 11.1 Å². The van der Waals surface area contributed by atoms with Crippen molar-refractivity contribution in [3.63, 3.8) is 0 Å². The van der Waals surface area contributed by atoms with Crippen molar-refractivity contribution >= 4 is 18.3 Å². The van der Waals surface area contributed by atoms with E-state index in [2.05, 4.69) is 24.1 Å². The minimum absolute atomic E-state index is 0. The largest absolute Gasteiger partial charge is 0.354 e. The van der Waals surface area contributed by atoms with Crippen molar-refractivity contribution in [1.29, 1.82) is 0 Å². The number of amides is 1. The lowest BCUT2D eigenvalue weighted by molar-refractivity contribution is -0.121. The first-order valence-electron chi connectivity index (χ1n) is 6.84. The molecule has 0 aromatic carbocycles. The van der Waals surface area contributed by atoms with Gasteiger partial charge in [0.15, 0.2) is 0 Å². The predicted octanol–water partition coefficient (Wildman–Crippen LogP) is 1.38. The molecule has 0 aromatic rings. The van der Waals surface area contributed by atoms with Crippen LogP contribution in [0, 0.1) is 5.92 Å². The summed E-state index contributed by atoms with van der Waals surface area (Å²) < 4.78 is 0. The van der Waals surface area contributed by atoms with Crippen LogP contribution in [-0.2, 0) is 4.79 Å². The van der Waals surface area contributed by atoms with Crippen LogP contribution in [0.2, 0.25) is 0 Å². The van der Waals surface area contributed by atoms with Gasteiger partial charge in [0.05, 0.1) is 0 Å². The first-order valence-corrected chi connectivity index (χ1v) is 6.84. The Labute approximate surface area is 117 Å². The number of carbonyl (C=O) groups is 1. The van der Waals surface area contributed by atoms with E-state index >= 15 is 0 Å². The van der Waals surface area contributed by atoms with E-state index in [-0.39, 0.29) is 18.3 Å². The average Bonchev–Trinajstić information content (AvgIpc) is 2.27. The summed E-state index contributed by atoms with van der Waals surface area (Å²) in [7, 11) is 0. The third kappa shape index (κ3) is 6.57. The topological polar surface area (TPSA) is 58.4 Å². The highest BCUT2D eigenvalue weighted by Gasteiger charge is 2.22. The molecule has 1 atom stereocenters. The van der Waals surface area contributed by atoms with Crippen molar-refractivity contribution in [2.45, 2.75) is 45.6 Å². The highest BCUT2D eigenvalue weighted by molar-refractivity contribution is 5.85. The Kier molecular flexibility index (Phi) is 9.42. The molecular formula is C13H28ClN3O. The van der Waals surface area contributed by atoms with E-state index in [1.54, 1.807) is 0 Å². The van der Waals surface area contributed by atoms with E-state index in [0.717, 1.165) is 13.1 Å². The molecular weight excluding hydrogens is 250 g/mol. The number of nitrogens with zero attached hydrogens (tertiary/aromatic N) is 1. The summed E-state index contributed by atoms with van der Waals surface area (Å²) in [6, 6.07) is 0.521. The fourth-order valence-electron chi connectivity index (χ4n) is 2.45. The zero-order chi connectivity index (χ0) is 12.7. The van der Waals surface area contributed by atoms with Crippen LogP contribution in [0.4, 0.5) is 0 Å². The summed E-state index contributed by atoms with van der Waals surface area (Å²) in [6.45, 7) is 8.03. The van der Waals surface area contributed by atoms with Crippen LogP contribution < -0.4 is 11.1 Å². The first-order chi connectivity index (χ1) is 8.13. The Morgan fingerprint density at radius 1 is 1.44 bits per heavy atom. The monoisotopic (exact) mass is 277 g/mol. The van der Waals surface area contributed by atoms with Crippen LogP contribution in [0.5, 0.6) is 0 Å². The van der Waals surface area contributed by atoms with Crippen molar-refractivity contribution in [3.8, 4) is 0 Å². The van der Waals surface area contributed by atoms with E-state index in [9.17, 15) is 4.79 Å². The van der Waals surface area contributed by atoms with Gasteiger partial charge in [-0.25, -0.2) is 0 Å². The van der Waals surface area contributed by atoms with Gasteiger partial charge >= 0.3 is 0 Å². The molecule has 18 heavy (non-hydrogen) atoms. The number of piperidine rings is 1. The van der Waals surface area contributed by atoms with Gasteiger partial charge in [0.2, 0.25) is 5.91 Å². The van der Waals surface area contributed by atoms with Gasteiger partial charge in [-0.1, -0.05) is 20.3 Å². The second-order valence-corrected chi connectivity index (χ2v) is 5.38. The molecule has 1 heterocycles. The maximum Gasteiger partial charge on any atom is 0.221 e. The zero-order valence-corrected chi connectivity index (χ0v) is 12.5. The highest BCUT2D eigenvalue weighted by Crippen LogP contribution is 2.17. The molecule has 4 nitrogen and oxygen atoms in total. The SMILES string of the molecule is CC(C)CN1CCCCC1CNC(=O)CCN.Cl. The van der Waals surface area contributed by atoms with Gasteiger partial charge in [-0.15, -0.1) is 12.4 Å². The fourth-order valence-corrected chi connectivity index (χ4v) is 2.45. The number of halogens is 1. The Bertz CT molecular complexity index is 236. The third-order valence-corrected chi connectivity index (χ3v) is 3.25. The van der Waals surface area contributed by atoms with Crippen molar-refractivity contribution in [2.24, 2.45) is 11.7 Å². The summed E-state index contributed by atoms with van der Waals surface area (Å²) in [4.78, 5) is 13.9. The summed E-state index contributed by atoms with van der Waals surface area (Å²) in [5.41, 5.74) is 5.36.